The molecule has 0 bridgehead atoms. The molecule has 3 aromatic rings. The van der Waals surface area contributed by atoms with Crippen molar-refractivity contribution in [2.45, 2.75) is 31.2 Å². The smallest absolute Gasteiger partial charge is 0.323 e. The quantitative estimate of drug-likeness (QED) is 0.343. The van der Waals surface area contributed by atoms with Crippen LogP contribution in [0, 0.1) is 5.82 Å². The Hall–Kier alpha value is -2.69. The fourth-order valence-electron chi connectivity index (χ4n) is 2.72. The Kier molecular flexibility index (Phi) is 6.06. The summed E-state index contributed by atoms with van der Waals surface area (Å²) in [5.74, 6) is -0.288. The molecule has 0 aliphatic rings. The molecule has 0 aliphatic heterocycles. The minimum atomic E-state index is -4.79. The zero-order valence-corrected chi connectivity index (χ0v) is 16.4. The minimum absolute atomic E-state index is 0.00161. The van der Waals surface area contributed by atoms with E-state index >= 15 is 0 Å². The first-order valence-electron chi connectivity index (χ1n) is 8.60. The van der Waals surface area contributed by atoms with Gasteiger partial charge in [0, 0.05) is 31.8 Å². The van der Waals surface area contributed by atoms with E-state index in [4.69, 9.17) is 0 Å². The molecule has 2 aromatic heterocycles. The van der Waals surface area contributed by atoms with E-state index in [1.165, 1.54) is 28.8 Å². The summed E-state index contributed by atoms with van der Waals surface area (Å²) in [5, 5.41) is 4.49. The number of rotatable bonds is 6. The Morgan fingerprint density at radius 3 is 2.62 bits per heavy atom. The lowest BCUT2D eigenvalue weighted by Crippen LogP contribution is -2.20. The van der Waals surface area contributed by atoms with E-state index in [-0.39, 0.29) is 18.5 Å². The second-order valence-corrected chi connectivity index (χ2v) is 7.47. The molecule has 0 saturated carbocycles. The van der Waals surface area contributed by atoms with E-state index in [1.807, 2.05) is 6.92 Å². The van der Waals surface area contributed by atoms with Crippen molar-refractivity contribution in [1.82, 2.24) is 24.3 Å². The van der Waals surface area contributed by atoms with Gasteiger partial charge in [0.15, 0.2) is 11.0 Å². The van der Waals surface area contributed by atoms with E-state index in [9.17, 15) is 22.4 Å². The van der Waals surface area contributed by atoms with Crippen LogP contribution in [0.2, 0.25) is 0 Å². The lowest BCUT2D eigenvalue weighted by Gasteiger charge is -2.15. The Balaban J connectivity index is 1.99. The normalized spacial score (nSPS) is 11.8. The monoisotopic (exact) mass is 427 g/mol. The van der Waals surface area contributed by atoms with E-state index in [2.05, 4.69) is 15.1 Å². The van der Waals surface area contributed by atoms with Crippen molar-refractivity contribution in [2.24, 2.45) is 7.05 Å². The van der Waals surface area contributed by atoms with Gasteiger partial charge in [-0.3, -0.25) is 9.48 Å². The van der Waals surface area contributed by atoms with Gasteiger partial charge in [0.2, 0.25) is 0 Å². The molecule has 29 heavy (non-hydrogen) atoms. The van der Waals surface area contributed by atoms with Crippen LogP contribution in [0.15, 0.2) is 40.7 Å². The molecular weight excluding hydrogens is 410 g/mol. The second kappa shape index (κ2) is 8.36. The highest BCUT2D eigenvalue weighted by atomic mass is 32.2. The molecule has 6 nitrogen and oxygen atoms in total. The number of benzene rings is 1. The summed E-state index contributed by atoms with van der Waals surface area (Å²) in [6.45, 7) is 1.87. The Labute approximate surface area is 167 Å². The lowest BCUT2D eigenvalue weighted by molar-refractivity contribution is -0.140. The molecule has 0 radical (unpaired) electrons. The first-order chi connectivity index (χ1) is 13.7. The fraction of sp³-hybridized carbons (Fsp3) is 0.333. The van der Waals surface area contributed by atoms with Crippen molar-refractivity contribution in [1.29, 1.82) is 0 Å². The number of thioether (sulfide) groups is 1. The van der Waals surface area contributed by atoms with Crippen LogP contribution in [0.5, 0.6) is 0 Å². The predicted octanol–water partition coefficient (Wildman–Crippen LogP) is 3.28. The number of halogens is 4. The minimum Gasteiger partial charge on any atom is -0.323 e. The zero-order valence-electron chi connectivity index (χ0n) is 15.6. The molecule has 0 atom stereocenters. The molecule has 3 rings (SSSR count). The topological polar surface area (TPSA) is 65.6 Å². The summed E-state index contributed by atoms with van der Waals surface area (Å²) in [5.41, 5.74) is -1.22. The Morgan fingerprint density at radius 2 is 2.00 bits per heavy atom. The van der Waals surface area contributed by atoms with Crippen molar-refractivity contribution >= 4 is 11.8 Å². The van der Waals surface area contributed by atoms with E-state index < -0.39 is 23.1 Å². The van der Waals surface area contributed by atoms with Gasteiger partial charge in [-0.05, 0) is 23.4 Å². The van der Waals surface area contributed by atoms with Crippen LogP contribution >= 0.6 is 11.8 Å². The molecular formula is C18H17F4N5OS. The van der Waals surface area contributed by atoms with Crippen molar-refractivity contribution in [3.8, 4) is 0 Å². The SMILES string of the molecule is CCSc1nc(=O)c(Cc2ncn(C)n2)cn1Cc1ccc(F)c(C(F)(F)F)c1. The summed E-state index contributed by atoms with van der Waals surface area (Å²) in [4.78, 5) is 20.5. The van der Waals surface area contributed by atoms with Crippen molar-refractivity contribution < 1.29 is 17.6 Å². The third kappa shape index (κ3) is 5.03. The molecule has 0 amide bonds. The molecule has 11 heteroatoms. The van der Waals surface area contributed by atoms with Gasteiger partial charge in [0.25, 0.3) is 5.56 Å². The molecule has 0 aliphatic carbocycles. The van der Waals surface area contributed by atoms with Crippen molar-refractivity contribution in [3.63, 3.8) is 0 Å². The molecule has 0 unspecified atom stereocenters. The lowest BCUT2D eigenvalue weighted by atomic mass is 10.1. The summed E-state index contributed by atoms with van der Waals surface area (Å²) in [6.07, 6.45) is -1.61. The standard InChI is InChI=1S/C18H17F4N5OS/c1-3-29-17-24-16(28)12(7-15-23-10-26(2)25-15)9-27(17)8-11-4-5-14(19)13(6-11)18(20,21)22/h4-6,9-10H,3,7-8H2,1-2H3. The zero-order chi connectivity index (χ0) is 21.2. The molecule has 1 aromatic carbocycles. The maximum atomic E-state index is 13.6. The van der Waals surface area contributed by atoms with Crippen molar-refractivity contribution in [3.05, 3.63) is 69.4 Å². The van der Waals surface area contributed by atoms with Gasteiger partial charge >= 0.3 is 6.18 Å². The number of aromatic nitrogens is 5. The first kappa shape index (κ1) is 21.0. The summed E-state index contributed by atoms with van der Waals surface area (Å²) >= 11 is 1.29. The maximum absolute atomic E-state index is 13.6. The second-order valence-electron chi connectivity index (χ2n) is 6.24. The van der Waals surface area contributed by atoms with Gasteiger partial charge in [0.05, 0.1) is 5.56 Å². The molecule has 0 saturated heterocycles. The summed E-state index contributed by atoms with van der Waals surface area (Å²) in [7, 11) is 1.70. The van der Waals surface area contributed by atoms with Crippen LogP contribution in [0.25, 0.3) is 0 Å². The van der Waals surface area contributed by atoms with E-state index in [0.717, 1.165) is 12.1 Å². The van der Waals surface area contributed by atoms with Gasteiger partial charge in [-0.15, -0.1) is 0 Å². The van der Waals surface area contributed by atoms with Gasteiger partial charge in [-0.2, -0.15) is 23.3 Å². The Bertz CT molecular complexity index is 1080. The van der Waals surface area contributed by atoms with Crippen LogP contribution in [-0.4, -0.2) is 30.1 Å². The third-order valence-corrected chi connectivity index (χ3v) is 4.86. The average Bonchev–Trinajstić information content (AvgIpc) is 3.04. The summed E-state index contributed by atoms with van der Waals surface area (Å²) < 4.78 is 55.7. The number of aryl methyl sites for hydroxylation is 1. The van der Waals surface area contributed by atoms with Crippen LogP contribution in [-0.2, 0) is 26.2 Å². The Morgan fingerprint density at radius 1 is 1.24 bits per heavy atom. The average molecular weight is 427 g/mol. The van der Waals surface area contributed by atoms with E-state index in [1.54, 1.807) is 17.8 Å². The summed E-state index contributed by atoms with van der Waals surface area (Å²) in [6, 6.07) is 2.84. The van der Waals surface area contributed by atoms with Gasteiger partial charge in [0.1, 0.15) is 12.1 Å². The highest BCUT2D eigenvalue weighted by Crippen LogP contribution is 2.32. The van der Waals surface area contributed by atoms with Crippen molar-refractivity contribution in [2.75, 3.05) is 5.75 Å². The van der Waals surface area contributed by atoms with Crippen LogP contribution < -0.4 is 5.56 Å². The highest BCUT2D eigenvalue weighted by molar-refractivity contribution is 7.99. The molecule has 0 fully saturated rings. The molecule has 0 N–H and O–H groups in total. The molecule has 0 spiro atoms. The fourth-order valence-corrected chi connectivity index (χ4v) is 3.41. The van der Waals surface area contributed by atoms with Crippen LogP contribution in [0.4, 0.5) is 17.6 Å². The number of nitrogens with zero attached hydrogens (tertiary/aromatic N) is 5. The van der Waals surface area contributed by atoms with Crippen LogP contribution in [0.1, 0.15) is 29.4 Å². The molecule has 2 heterocycles. The van der Waals surface area contributed by atoms with Gasteiger partial charge in [-0.1, -0.05) is 24.8 Å². The van der Waals surface area contributed by atoms with Gasteiger partial charge in [-0.25, -0.2) is 9.37 Å². The number of hydrogen-bond acceptors (Lipinski definition) is 5. The largest absolute Gasteiger partial charge is 0.419 e. The number of hydrogen-bond donors (Lipinski definition) is 0. The molecule has 154 valence electrons. The first-order valence-corrected chi connectivity index (χ1v) is 9.59. The van der Waals surface area contributed by atoms with Gasteiger partial charge < -0.3 is 4.57 Å². The third-order valence-electron chi connectivity index (χ3n) is 3.99. The highest BCUT2D eigenvalue weighted by Gasteiger charge is 2.34. The van der Waals surface area contributed by atoms with E-state index in [0.29, 0.717) is 22.3 Å². The number of alkyl halides is 3. The predicted molar refractivity (Wildman–Crippen MR) is 99.2 cm³/mol. The maximum Gasteiger partial charge on any atom is 0.419 e. The van der Waals surface area contributed by atoms with Crippen LogP contribution in [0.3, 0.4) is 0 Å².